The molecule has 0 radical (unpaired) electrons. The zero-order chi connectivity index (χ0) is 8.77. The van der Waals surface area contributed by atoms with Gasteiger partial charge in [0.15, 0.2) is 0 Å². The Balaban J connectivity index is 2.27. The summed E-state index contributed by atoms with van der Waals surface area (Å²) in [5, 5.41) is 8.93. The van der Waals surface area contributed by atoms with Crippen molar-refractivity contribution in [1.82, 2.24) is 4.90 Å². The lowest BCUT2D eigenvalue weighted by Crippen LogP contribution is -2.33. The minimum Gasteiger partial charge on any atom is -0.338 e. The van der Waals surface area contributed by atoms with Gasteiger partial charge in [-0.1, -0.05) is 6.92 Å². The summed E-state index contributed by atoms with van der Waals surface area (Å²) in [5.41, 5.74) is -0.0457. The highest BCUT2D eigenvalue weighted by atomic mass is 16.1. The number of likely N-dealkylation sites (tertiary alicyclic amines) is 1. The van der Waals surface area contributed by atoms with Crippen LogP contribution in [0.5, 0.6) is 0 Å². The summed E-state index contributed by atoms with van der Waals surface area (Å²) in [7, 11) is 0. The number of nitriles is 1. The number of amides is 1. The first-order chi connectivity index (χ1) is 5.74. The number of hydrogen-bond acceptors (Lipinski definition) is 2. The molecule has 1 heterocycles. The van der Waals surface area contributed by atoms with E-state index in [0.29, 0.717) is 5.92 Å². The first-order valence-electron chi connectivity index (χ1n) is 4.36. The molecule has 1 unspecified atom stereocenters. The Labute approximate surface area is 72.0 Å². The van der Waals surface area contributed by atoms with Crippen molar-refractivity contribution in [1.29, 1.82) is 5.26 Å². The lowest BCUT2D eigenvalue weighted by Gasteiger charge is -2.20. The third-order valence-corrected chi connectivity index (χ3v) is 3.23. The number of nitrogens with zero attached hydrogens (tertiary/aromatic N) is 2. The van der Waals surface area contributed by atoms with E-state index < -0.39 is 0 Å². The van der Waals surface area contributed by atoms with Gasteiger partial charge in [-0.25, -0.2) is 0 Å². The molecule has 1 amide bonds. The van der Waals surface area contributed by atoms with E-state index in [1.807, 2.05) is 4.90 Å². The lowest BCUT2D eigenvalue weighted by molar-refractivity contribution is -0.119. The van der Waals surface area contributed by atoms with Crippen LogP contribution in [0, 0.1) is 23.2 Å². The van der Waals surface area contributed by atoms with Crippen LogP contribution in [-0.4, -0.2) is 23.4 Å². The maximum atomic E-state index is 10.7. The average Bonchev–Trinajstić information content (AvgIpc) is 2.76. The molecule has 3 nitrogen and oxygen atoms in total. The van der Waals surface area contributed by atoms with Crippen LogP contribution in [0.15, 0.2) is 0 Å². The van der Waals surface area contributed by atoms with Crippen molar-refractivity contribution < 1.29 is 4.79 Å². The van der Waals surface area contributed by atoms with E-state index in [-0.39, 0.29) is 11.5 Å². The van der Waals surface area contributed by atoms with Crippen molar-refractivity contribution in [2.75, 3.05) is 6.54 Å². The van der Waals surface area contributed by atoms with Crippen LogP contribution >= 0.6 is 0 Å². The predicted molar refractivity (Wildman–Crippen MR) is 43.0 cm³/mol. The van der Waals surface area contributed by atoms with Gasteiger partial charge in [0, 0.05) is 6.54 Å². The highest BCUT2D eigenvalue weighted by Gasteiger charge is 2.60. The van der Waals surface area contributed by atoms with Gasteiger partial charge in [-0.2, -0.15) is 5.26 Å². The fourth-order valence-corrected chi connectivity index (χ4v) is 2.43. The van der Waals surface area contributed by atoms with Gasteiger partial charge in [-0.05, 0) is 18.8 Å². The van der Waals surface area contributed by atoms with E-state index in [2.05, 4.69) is 13.0 Å². The topological polar surface area (TPSA) is 44.1 Å². The highest BCUT2D eigenvalue weighted by Crippen LogP contribution is 2.54. The molecule has 0 N–H and O–H groups in total. The largest absolute Gasteiger partial charge is 0.338 e. The SMILES string of the molecule is C[C@H]1CN(C=O)C2(CC2)C1C#N. The van der Waals surface area contributed by atoms with Crippen molar-refractivity contribution in [2.24, 2.45) is 11.8 Å². The molecule has 1 spiro atoms. The number of rotatable bonds is 1. The van der Waals surface area contributed by atoms with Crippen molar-refractivity contribution in [2.45, 2.75) is 25.3 Å². The molecule has 2 aliphatic rings. The molecule has 64 valence electrons. The van der Waals surface area contributed by atoms with Crippen molar-refractivity contribution in [3.8, 4) is 6.07 Å². The average molecular weight is 164 g/mol. The quantitative estimate of drug-likeness (QED) is 0.537. The molecular formula is C9H12N2O. The number of carbonyl (C=O) groups is 1. The molecule has 0 aromatic rings. The van der Waals surface area contributed by atoms with E-state index in [9.17, 15) is 4.79 Å². The maximum absolute atomic E-state index is 10.7. The Hall–Kier alpha value is -1.04. The molecule has 1 aliphatic heterocycles. The molecule has 1 saturated heterocycles. The zero-order valence-electron chi connectivity index (χ0n) is 7.16. The highest BCUT2D eigenvalue weighted by molar-refractivity contribution is 5.52. The third-order valence-electron chi connectivity index (χ3n) is 3.23. The Morgan fingerprint density at radius 1 is 1.67 bits per heavy atom. The van der Waals surface area contributed by atoms with E-state index in [1.165, 1.54) is 0 Å². The molecule has 12 heavy (non-hydrogen) atoms. The Bertz CT molecular complexity index is 252. The van der Waals surface area contributed by atoms with Gasteiger partial charge >= 0.3 is 0 Å². The summed E-state index contributed by atoms with van der Waals surface area (Å²) in [6.07, 6.45) is 2.95. The van der Waals surface area contributed by atoms with Crippen LogP contribution in [0.2, 0.25) is 0 Å². The van der Waals surface area contributed by atoms with E-state index in [1.54, 1.807) is 0 Å². The minimum atomic E-state index is -0.0457. The van der Waals surface area contributed by atoms with Crippen LogP contribution in [-0.2, 0) is 4.79 Å². The molecule has 2 atom stereocenters. The van der Waals surface area contributed by atoms with Gasteiger partial charge < -0.3 is 4.90 Å². The summed E-state index contributed by atoms with van der Waals surface area (Å²) in [5.74, 6) is 0.422. The predicted octanol–water partition coefficient (Wildman–Crippen LogP) is 0.767. The third kappa shape index (κ3) is 0.726. The van der Waals surface area contributed by atoms with Crippen LogP contribution < -0.4 is 0 Å². The molecule has 0 aromatic carbocycles. The lowest BCUT2D eigenvalue weighted by atomic mass is 9.92. The zero-order valence-corrected chi connectivity index (χ0v) is 7.16. The van der Waals surface area contributed by atoms with Crippen LogP contribution in [0.1, 0.15) is 19.8 Å². The fraction of sp³-hybridized carbons (Fsp3) is 0.778. The standard InChI is InChI=1S/C9H12N2O/c1-7-5-11(6-12)9(2-3-9)8(7)4-10/h6-8H,2-3,5H2,1H3/t7-,8?/m0/s1. The first-order valence-corrected chi connectivity index (χ1v) is 4.36. The second-order valence-electron chi connectivity index (χ2n) is 3.95. The van der Waals surface area contributed by atoms with Crippen LogP contribution in [0.25, 0.3) is 0 Å². The van der Waals surface area contributed by atoms with Gasteiger partial charge in [0.1, 0.15) is 0 Å². The fourth-order valence-electron chi connectivity index (χ4n) is 2.43. The molecular weight excluding hydrogens is 152 g/mol. The summed E-state index contributed by atoms with van der Waals surface area (Å²) in [6, 6.07) is 2.33. The van der Waals surface area contributed by atoms with Gasteiger partial charge in [0.2, 0.25) is 6.41 Å². The smallest absolute Gasteiger partial charge is 0.210 e. The summed E-state index contributed by atoms with van der Waals surface area (Å²) in [6.45, 7) is 2.82. The molecule has 2 fully saturated rings. The second kappa shape index (κ2) is 2.22. The Morgan fingerprint density at radius 2 is 2.33 bits per heavy atom. The summed E-state index contributed by atoms with van der Waals surface area (Å²) >= 11 is 0. The maximum Gasteiger partial charge on any atom is 0.210 e. The van der Waals surface area contributed by atoms with E-state index in [4.69, 9.17) is 5.26 Å². The van der Waals surface area contributed by atoms with Gasteiger partial charge in [0.05, 0.1) is 17.5 Å². The molecule has 1 aliphatic carbocycles. The molecule has 1 saturated carbocycles. The number of carbonyl (C=O) groups excluding carboxylic acids is 1. The van der Waals surface area contributed by atoms with Gasteiger partial charge in [-0.15, -0.1) is 0 Å². The van der Waals surface area contributed by atoms with E-state index >= 15 is 0 Å². The summed E-state index contributed by atoms with van der Waals surface area (Å²) in [4.78, 5) is 12.5. The Morgan fingerprint density at radius 3 is 2.75 bits per heavy atom. The van der Waals surface area contributed by atoms with Crippen LogP contribution in [0.3, 0.4) is 0 Å². The van der Waals surface area contributed by atoms with Crippen molar-refractivity contribution >= 4 is 6.41 Å². The van der Waals surface area contributed by atoms with Gasteiger partial charge in [0.25, 0.3) is 0 Å². The van der Waals surface area contributed by atoms with Crippen LogP contribution in [0.4, 0.5) is 0 Å². The Kier molecular flexibility index (Phi) is 1.41. The number of hydrogen-bond donors (Lipinski definition) is 0. The van der Waals surface area contributed by atoms with E-state index in [0.717, 1.165) is 25.8 Å². The van der Waals surface area contributed by atoms with Crippen molar-refractivity contribution in [3.63, 3.8) is 0 Å². The molecule has 0 aromatic heterocycles. The second-order valence-corrected chi connectivity index (χ2v) is 3.95. The normalized spacial score (nSPS) is 36.5. The monoisotopic (exact) mass is 164 g/mol. The first kappa shape index (κ1) is 7.60. The molecule has 0 bridgehead atoms. The van der Waals surface area contributed by atoms with Crippen molar-refractivity contribution in [3.05, 3.63) is 0 Å². The minimum absolute atomic E-state index is 0.0457. The van der Waals surface area contributed by atoms with Gasteiger partial charge in [-0.3, -0.25) is 4.79 Å². The molecule has 3 heteroatoms. The molecule has 2 rings (SSSR count). The summed E-state index contributed by atoms with van der Waals surface area (Å²) < 4.78 is 0.